The van der Waals surface area contributed by atoms with Crippen molar-refractivity contribution in [3.05, 3.63) is 59.2 Å². The Morgan fingerprint density at radius 2 is 1.67 bits per heavy atom. The molecule has 1 heterocycles. The molecular formula is C23H27NO5S. The number of hydrogen-bond acceptors (Lipinski definition) is 5. The Labute approximate surface area is 177 Å². The van der Waals surface area contributed by atoms with Crippen LogP contribution in [0, 0.1) is 0 Å². The van der Waals surface area contributed by atoms with Gasteiger partial charge in [0.2, 0.25) is 0 Å². The highest BCUT2D eigenvalue weighted by Crippen LogP contribution is 2.43. The maximum absolute atomic E-state index is 12.7. The number of sulfone groups is 1. The van der Waals surface area contributed by atoms with Crippen molar-refractivity contribution < 1.29 is 22.7 Å². The van der Waals surface area contributed by atoms with Gasteiger partial charge in [-0.25, -0.2) is 8.42 Å². The zero-order valence-electron chi connectivity index (χ0n) is 17.1. The van der Waals surface area contributed by atoms with Gasteiger partial charge in [0.15, 0.2) is 21.3 Å². The van der Waals surface area contributed by atoms with Gasteiger partial charge in [0.05, 0.1) is 5.75 Å². The summed E-state index contributed by atoms with van der Waals surface area (Å²) < 4.78 is 34.3. The quantitative estimate of drug-likeness (QED) is 0.762. The summed E-state index contributed by atoms with van der Waals surface area (Å²) in [7, 11) is -3.10. The molecule has 1 aliphatic heterocycles. The van der Waals surface area contributed by atoms with Crippen molar-refractivity contribution in [2.75, 3.05) is 26.0 Å². The van der Waals surface area contributed by atoms with Crippen LogP contribution in [0.4, 0.5) is 0 Å². The molecule has 4 rings (SSSR count). The Balaban J connectivity index is 1.47. The largest absolute Gasteiger partial charge is 0.486 e. The second-order valence-corrected chi connectivity index (χ2v) is 10.4. The van der Waals surface area contributed by atoms with E-state index in [1.807, 2.05) is 6.07 Å². The molecule has 1 amide bonds. The van der Waals surface area contributed by atoms with Crippen molar-refractivity contribution in [2.24, 2.45) is 0 Å². The molecule has 0 aromatic heterocycles. The topological polar surface area (TPSA) is 81.7 Å². The van der Waals surface area contributed by atoms with Gasteiger partial charge in [0.25, 0.3) is 5.91 Å². The van der Waals surface area contributed by atoms with Crippen LogP contribution in [0.3, 0.4) is 0 Å². The molecule has 7 heteroatoms. The summed E-state index contributed by atoms with van der Waals surface area (Å²) in [5, 5.41) is 3.10. The molecule has 30 heavy (non-hydrogen) atoms. The van der Waals surface area contributed by atoms with Gasteiger partial charge in [-0.2, -0.15) is 0 Å². The van der Waals surface area contributed by atoms with Crippen LogP contribution >= 0.6 is 0 Å². The third kappa shape index (κ3) is 4.61. The van der Waals surface area contributed by atoms with E-state index in [2.05, 4.69) is 17.4 Å². The molecule has 6 nitrogen and oxygen atoms in total. The molecule has 1 fully saturated rings. The molecule has 0 unspecified atom stereocenters. The molecule has 0 bridgehead atoms. The Morgan fingerprint density at radius 1 is 1.00 bits per heavy atom. The van der Waals surface area contributed by atoms with E-state index in [4.69, 9.17) is 9.47 Å². The highest BCUT2D eigenvalue weighted by molar-refractivity contribution is 7.89. The van der Waals surface area contributed by atoms with Gasteiger partial charge in [-0.3, -0.25) is 4.79 Å². The first-order valence-electron chi connectivity index (χ1n) is 10.3. The summed E-state index contributed by atoms with van der Waals surface area (Å²) >= 11 is 0. The van der Waals surface area contributed by atoms with Crippen molar-refractivity contribution in [3.8, 4) is 11.5 Å². The highest BCUT2D eigenvalue weighted by atomic mass is 32.2. The predicted octanol–water partition coefficient (Wildman–Crippen LogP) is 3.24. The highest BCUT2D eigenvalue weighted by Gasteiger charge is 2.36. The zero-order valence-corrected chi connectivity index (χ0v) is 18.0. The maximum atomic E-state index is 12.7. The van der Waals surface area contributed by atoms with Crippen molar-refractivity contribution in [1.82, 2.24) is 5.32 Å². The molecule has 0 saturated heterocycles. The second kappa shape index (κ2) is 8.30. The van der Waals surface area contributed by atoms with Crippen LogP contribution in [0.15, 0.2) is 42.5 Å². The van der Waals surface area contributed by atoms with Gasteiger partial charge < -0.3 is 14.8 Å². The minimum Gasteiger partial charge on any atom is -0.486 e. The molecular weight excluding hydrogens is 402 g/mol. The standard InChI is InChI=1S/C23H27NO5S/c1-30(26,27)15-17-4-6-18(7-5-17)22(25)24-16-23(10-2-3-11-23)19-8-9-20-21(14-19)29-13-12-28-20/h4-9,14H,2-3,10-13,15-16H2,1H3,(H,24,25). The minimum absolute atomic E-state index is 0.0257. The number of carbonyl (C=O) groups is 1. The zero-order chi connectivity index (χ0) is 21.2. The van der Waals surface area contributed by atoms with Gasteiger partial charge in [-0.1, -0.05) is 31.0 Å². The van der Waals surface area contributed by atoms with E-state index in [9.17, 15) is 13.2 Å². The van der Waals surface area contributed by atoms with E-state index in [1.165, 1.54) is 11.8 Å². The van der Waals surface area contributed by atoms with Crippen LogP contribution in [-0.2, 0) is 21.0 Å². The lowest BCUT2D eigenvalue weighted by Crippen LogP contribution is -2.39. The van der Waals surface area contributed by atoms with Gasteiger partial charge in [-0.15, -0.1) is 0 Å². The normalized spacial score (nSPS) is 17.5. The van der Waals surface area contributed by atoms with Gasteiger partial charge in [0, 0.05) is 23.8 Å². The number of nitrogens with one attached hydrogen (secondary N) is 1. The van der Waals surface area contributed by atoms with E-state index in [0.717, 1.165) is 37.2 Å². The predicted molar refractivity (Wildman–Crippen MR) is 115 cm³/mol. The van der Waals surface area contributed by atoms with Crippen molar-refractivity contribution in [1.29, 1.82) is 0 Å². The smallest absolute Gasteiger partial charge is 0.251 e. The summed E-state index contributed by atoms with van der Waals surface area (Å²) in [6.07, 6.45) is 5.49. The molecule has 2 aromatic rings. The second-order valence-electron chi connectivity index (χ2n) is 8.30. The number of amides is 1. The van der Waals surface area contributed by atoms with E-state index < -0.39 is 9.84 Å². The van der Waals surface area contributed by atoms with E-state index >= 15 is 0 Å². The minimum atomic E-state index is -3.10. The first kappa shape index (κ1) is 20.7. The number of carbonyl (C=O) groups excluding carboxylic acids is 1. The third-order valence-corrected chi connectivity index (χ3v) is 6.81. The molecule has 0 spiro atoms. The number of rotatable bonds is 6. The number of ether oxygens (including phenoxy) is 2. The van der Waals surface area contributed by atoms with Crippen molar-refractivity contribution >= 4 is 15.7 Å². The van der Waals surface area contributed by atoms with Gasteiger partial charge in [-0.05, 0) is 48.2 Å². The number of benzene rings is 2. The summed E-state index contributed by atoms with van der Waals surface area (Å²) in [6.45, 7) is 1.67. The van der Waals surface area contributed by atoms with Crippen molar-refractivity contribution in [2.45, 2.75) is 36.9 Å². The molecule has 1 saturated carbocycles. The van der Waals surface area contributed by atoms with E-state index in [0.29, 0.717) is 30.9 Å². The van der Waals surface area contributed by atoms with Gasteiger partial charge in [0.1, 0.15) is 13.2 Å². The molecule has 1 aliphatic carbocycles. The van der Waals surface area contributed by atoms with Crippen LogP contribution < -0.4 is 14.8 Å². The molecule has 0 radical (unpaired) electrons. The van der Waals surface area contributed by atoms with Crippen LogP contribution in [0.25, 0.3) is 0 Å². The Kier molecular flexibility index (Phi) is 5.73. The van der Waals surface area contributed by atoms with E-state index in [1.54, 1.807) is 24.3 Å². The fraction of sp³-hybridized carbons (Fsp3) is 0.435. The summed E-state index contributed by atoms with van der Waals surface area (Å²) in [4.78, 5) is 12.7. The summed E-state index contributed by atoms with van der Waals surface area (Å²) in [5.74, 6) is 1.38. The van der Waals surface area contributed by atoms with Crippen LogP contribution in [-0.4, -0.2) is 40.3 Å². The first-order chi connectivity index (χ1) is 14.3. The lowest BCUT2D eigenvalue weighted by Gasteiger charge is -2.31. The Bertz CT molecular complexity index is 1020. The van der Waals surface area contributed by atoms with Crippen LogP contribution in [0.2, 0.25) is 0 Å². The SMILES string of the molecule is CS(=O)(=O)Cc1ccc(C(=O)NCC2(c3ccc4c(c3)OCCO4)CCCC2)cc1. The number of fused-ring (bicyclic) bond motifs is 1. The number of hydrogen-bond donors (Lipinski definition) is 1. The molecule has 2 aromatic carbocycles. The van der Waals surface area contributed by atoms with E-state index in [-0.39, 0.29) is 17.1 Å². The lowest BCUT2D eigenvalue weighted by molar-refractivity contribution is 0.0943. The van der Waals surface area contributed by atoms with Crippen molar-refractivity contribution in [3.63, 3.8) is 0 Å². The van der Waals surface area contributed by atoms with Gasteiger partial charge >= 0.3 is 0 Å². The third-order valence-electron chi connectivity index (χ3n) is 5.95. The fourth-order valence-corrected chi connectivity index (χ4v) is 5.20. The fourth-order valence-electron chi connectivity index (χ4n) is 4.40. The molecule has 0 atom stereocenters. The summed E-state index contributed by atoms with van der Waals surface area (Å²) in [5.41, 5.74) is 2.27. The summed E-state index contributed by atoms with van der Waals surface area (Å²) in [6, 6.07) is 12.9. The molecule has 160 valence electrons. The average Bonchev–Trinajstić information content (AvgIpc) is 3.21. The maximum Gasteiger partial charge on any atom is 0.251 e. The Hall–Kier alpha value is -2.54. The molecule has 2 aliphatic rings. The lowest BCUT2D eigenvalue weighted by atomic mass is 9.78. The van der Waals surface area contributed by atoms with Crippen LogP contribution in [0.5, 0.6) is 11.5 Å². The monoisotopic (exact) mass is 429 g/mol. The average molecular weight is 430 g/mol. The Morgan fingerprint density at radius 3 is 2.33 bits per heavy atom. The van der Waals surface area contributed by atoms with Crippen LogP contribution in [0.1, 0.15) is 47.2 Å². The first-order valence-corrected chi connectivity index (χ1v) is 12.4. The molecule has 1 N–H and O–H groups in total.